The Morgan fingerprint density at radius 3 is 2.84 bits per heavy atom. The number of hydrogen-bond donors (Lipinski definition) is 0. The number of ether oxygens (including phenoxy) is 1. The Morgan fingerprint density at radius 2 is 2.21 bits per heavy atom. The standard InChI is InChI=1S/C13H16N4O2/c1-4-19-13(18)7-11-9(2)16-17(10(11)3)12-5-6-14-8-15-12/h5-6,8H,4,7H2,1-3H3. The molecule has 0 bridgehead atoms. The molecule has 0 aromatic carbocycles. The van der Waals surface area contributed by atoms with Crippen molar-refractivity contribution >= 4 is 5.97 Å². The van der Waals surface area contributed by atoms with Crippen molar-refractivity contribution in [2.24, 2.45) is 0 Å². The summed E-state index contributed by atoms with van der Waals surface area (Å²) < 4.78 is 6.68. The van der Waals surface area contributed by atoms with Crippen molar-refractivity contribution in [2.45, 2.75) is 27.2 Å². The van der Waals surface area contributed by atoms with Gasteiger partial charge in [-0.15, -0.1) is 0 Å². The summed E-state index contributed by atoms with van der Waals surface area (Å²) in [7, 11) is 0. The van der Waals surface area contributed by atoms with E-state index in [2.05, 4.69) is 15.1 Å². The molecule has 19 heavy (non-hydrogen) atoms. The van der Waals surface area contributed by atoms with Crippen LogP contribution in [-0.4, -0.2) is 32.3 Å². The fraction of sp³-hybridized carbons (Fsp3) is 0.385. The molecule has 0 aliphatic carbocycles. The van der Waals surface area contributed by atoms with E-state index in [0.717, 1.165) is 17.0 Å². The smallest absolute Gasteiger partial charge is 0.310 e. The van der Waals surface area contributed by atoms with Gasteiger partial charge in [-0.2, -0.15) is 5.10 Å². The normalized spacial score (nSPS) is 10.5. The van der Waals surface area contributed by atoms with E-state index >= 15 is 0 Å². The van der Waals surface area contributed by atoms with Crippen LogP contribution in [0.5, 0.6) is 0 Å². The minimum absolute atomic E-state index is 0.233. The Balaban J connectivity index is 2.33. The van der Waals surface area contributed by atoms with Crippen molar-refractivity contribution in [3.8, 4) is 5.82 Å². The van der Waals surface area contributed by atoms with E-state index in [-0.39, 0.29) is 12.4 Å². The van der Waals surface area contributed by atoms with Gasteiger partial charge in [-0.25, -0.2) is 14.6 Å². The Kier molecular flexibility index (Phi) is 3.89. The maximum atomic E-state index is 11.6. The first-order valence-corrected chi connectivity index (χ1v) is 6.10. The molecule has 100 valence electrons. The Labute approximate surface area is 111 Å². The third kappa shape index (κ3) is 2.78. The van der Waals surface area contributed by atoms with E-state index in [1.165, 1.54) is 6.33 Å². The van der Waals surface area contributed by atoms with Crippen molar-refractivity contribution in [1.29, 1.82) is 0 Å². The van der Waals surface area contributed by atoms with Gasteiger partial charge in [0.15, 0.2) is 5.82 Å². The summed E-state index contributed by atoms with van der Waals surface area (Å²) in [6, 6.07) is 1.77. The van der Waals surface area contributed by atoms with Gasteiger partial charge in [0.25, 0.3) is 0 Å². The Hall–Kier alpha value is -2.24. The SMILES string of the molecule is CCOC(=O)Cc1c(C)nn(-c2ccncn2)c1C. The first-order valence-electron chi connectivity index (χ1n) is 6.10. The maximum Gasteiger partial charge on any atom is 0.310 e. The monoisotopic (exact) mass is 260 g/mol. The summed E-state index contributed by atoms with van der Waals surface area (Å²) in [4.78, 5) is 19.6. The first-order chi connectivity index (χ1) is 9.13. The number of esters is 1. The summed E-state index contributed by atoms with van der Waals surface area (Å²) >= 11 is 0. The largest absolute Gasteiger partial charge is 0.466 e. The van der Waals surface area contributed by atoms with Gasteiger partial charge in [0.1, 0.15) is 6.33 Å². The lowest BCUT2D eigenvalue weighted by Gasteiger charge is -2.04. The van der Waals surface area contributed by atoms with Crippen molar-refractivity contribution < 1.29 is 9.53 Å². The molecule has 0 atom stereocenters. The minimum atomic E-state index is -0.240. The van der Waals surface area contributed by atoms with Crippen LogP contribution in [0.4, 0.5) is 0 Å². The molecular formula is C13H16N4O2. The lowest BCUT2D eigenvalue weighted by Crippen LogP contribution is -2.09. The fourth-order valence-electron chi connectivity index (χ4n) is 1.92. The second-order valence-electron chi connectivity index (χ2n) is 4.11. The second kappa shape index (κ2) is 5.60. The zero-order valence-electron chi connectivity index (χ0n) is 11.3. The van der Waals surface area contributed by atoms with Crippen LogP contribution >= 0.6 is 0 Å². The van der Waals surface area contributed by atoms with Crippen molar-refractivity contribution in [3.63, 3.8) is 0 Å². The molecule has 6 heteroatoms. The van der Waals surface area contributed by atoms with Gasteiger partial charge >= 0.3 is 5.97 Å². The topological polar surface area (TPSA) is 69.9 Å². The van der Waals surface area contributed by atoms with Gasteiger partial charge in [-0.3, -0.25) is 4.79 Å². The Morgan fingerprint density at radius 1 is 1.42 bits per heavy atom. The highest BCUT2D eigenvalue weighted by atomic mass is 16.5. The van der Waals surface area contributed by atoms with Crippen LogP contribution < -0.4 is 0 Å². The number of aryl methyl sites for hydroxylation is 1. The molecule has 0 aliphatic rings. The predicted octanol–water partition coefficient (Wildman–Crippen LogP) is 1.38. The van der Waals surface area contributed by atoms with E-state index in [9.17, 15) is 4.79 Å². The van der Waals surface area contributed by atoms with E-state index in [0.29, 0.717) is 12.4 Å². The molecule has 2 heterocycles. The molecule has 0 spiro atoms. The summed E-state index contributed by atoms with van der Waals surface area (Å²) in [5.41, 5.74) is 2.59. The minimum Gasteiger partial charge on any atom is -0.466 e. The number of rotatable bonds is 4. The van der Waals surface area contributed by atoms with Crippen molar-refractivity contribution in [1.82, 2.24) is 19.7 Å². The molecule has 0 radical (unpaired) electrons. The van der Waals surface area contributed by atoms with Gasteiger partial charge in [-0.05, 0) is 20.8 Å². The molecule has 6 nitrogen and oxygen atoms in total. The molecule has 0 unspecified atom stereocenters. The summed E-state index contributed by atoms with van der Waals surface area (Å²) in [5.74, 6) is 0.446. The van der Waals surface area contributed by atoms with Gasteiger partial charge < -0.3 is 4.74 Å². The number of nitrogens with zero attached hydrogens (tertiary/aromatic N) is 4. The van der Waals surface area contributed by atoms with Gasteiger partial charge in [-0.1, -0.05) is 0 Å². The first kappa shape index (κ1) is 13.2. The molecular weight excluding hydrogens is 244 g/mol. The molecule has 2 rings (SSSR count). The highest BCUT2D eigenvalue weighted by Gasteiger charge is 2.16. The van der Waals surface area contributed by atoms with Crippen LogP contribution in [0.2, 0.25) is 0 Å². The predicted molar refractivity (Wildman–Crippen MR) is 69.0 cm³/mol. The van der Waals surface area contributed by atoms with Crippen LogP contribution in [0.3, 0.4) is 0 Å². The zero-order chi connectivity index (χ0) is 13.8. The quantitative estimate of drug-likeness (QED) is 0.777. The number of carbonyl (C=O) groups is 1. The Bertz CT molecular complexity index is 578. The van der Waals surface area contributed by atoms with E-state index in [4.69, 9.17) is 4.74 Å². The molecule has 0 aliphatic heterocycles. The number of aromatic nitrogens is 4. The summed E-state index contributed by atoms with van der Waals surface area (Å²) in [5, 5.41) is 4.41. The van der Waals surface area contributed by atoms with Gasteiger partial charge in [0.2, 0.25) is 0 Å². The highest BCUT2D eigenvalue weighted by Crippen LogP contribution is 2.17. The van der Waals surface area contributed by atoms with Crippen LogP contribution in [0, 0.1) is 13.8 Å². The van der Waals surface area contributed by atoms with Gasteiger partial charge in [0.05, 0.1) is 18.7 Å². The number of carbonyl (C=O) groups excluding carboxylic acids is 1. The third-order valence-corrected chi connectivity index (χ3v) is 2.85. The summed E-state index contributed by atoms with van der Waals surface area (Å²) in [6.45, 7) is 5.97. The van der Waals surface area contributed by atoms with E-state index in [1.54, 1.807) is 23.9 Å². The van der Waals surface area contributed by atoms with Crippen LogP contribution in [-0.2, 0) is 16.0 Å². The second-order valence-corrected chi connectivity index (χ2v) is 4.11. The third-order valence-electron chi connectivity index (χ3n) is 2.85. The van der Waals surface area contributed by atoms with Crippen LogP contribution in [0.15, 0.2) is 18.6 Å². The number of hydrogen-bond acceptors (Lipinski definition) is 5. The lowest BCUT2D eigenvalue weighted by atomic mass is 10.1. The highest BCUT2D eigenvalue weighted by molar-refractivity contribution is 5.73. The van der Waals surface area contributed by atoms with Crippen molar-refractivity contribution in [2.75, 3.05) is 6.61 Å². The van der Waals surface area contributed by atoms with Gasteiger partial charge in [0, 0.05) is 23.5 Å². The van der Waals surface area contributed by atoms with Crippen LogP contribution in [0.25, 0.3) is 5.82 Å². The molecule has 0 N–H and O–H groups in total. The lowest BCUT2D eigenvalue weighted by molar-refractivity contribution is -0.142. The molecule has 2 aromatic heterocycles. The average molecular weight is 260 g/mol. The van der Waals surface area contributed by atoms with E-state index < -0.39 is 0 Å². The average Bonchev–Trinajstić information content (AvgIpc) is 2.68. The molecule has 0 amide bonds. The summed E-state index contributed by atoms with van der Waals surface area (Å²) in [6.07, 6.45) is 3.36. The van der Waals surface area contributed by atoms with E-state index in [1.807, 2.05) is 13.8 Å². The maximum absolute atomic E-state index is 11.6. The van der Waals surface area contributed by atoms with Crippen LogP contribution in [0.1, 0.15) is 23.9 Å². The fourth-order valence-corrected chi connectivity index (χ4v) is 1.92. The molecule has 2 aromatic rings. The molecule has 0 saturated heterocycles. The molecule has 0 saturated carbocycles. The van der Waals surface area contributed by atoms with Crippen molar-refractivity contribution in [3.05, 3.63) is 35.5 Å². The zero-order valence-corrected chi connectivity index (χ0v) is 11.3. The molecule has 0 fully saturated rings.